The zero-order valence-corrected chi connectivity index (χ0v) is 25.2. The zero-order valence-electron chi connectivity index (χ0n) is 25.2. The van der Waals surface area contributed by atoms with E-state index in [4.69, 9.17) is 9.47 Å². The lowest BCUT2D eigenvalue weighted by Crippen LogP contribution is -2.75. The van der Waals surface area contributed by atoms with E-state index >= 15 is 0 Å². The number of rotatable bonds is 8. The highest BCUT2D eigenvalue weighted by molar-refractivity contribution is 5.83. The van der Waals surface area contributed by atoms with Gasteiger partial charge in [-0.05, 0) is 45.4 Å². The molecular weight excluding hydrogens is 591 g/mol. The largest absolute Gasteiger partial charge is 0.486 e. The van der Waals surface area contributed by atoms with E-state index in [1.807, 2.05) is 4.90 Å². The Morgan fingerprint density at radius 2 is 1.73 bits per heavy atom. The zero-order chi connectivity index (χ0) is 31.5. The van der Waals surface area contributed by atoms with Crippen LogP contribution >= 0.6 is 0 Å². The molecule has 3 unspecified atom stereocenters. The Balaban J connectivity index is 1.14. The fraction of sp³-hybridized carbons (Fsp3) is 0.828. The Hall–Kier alpha value is -2.36. The number of quaternary nitrogens is 1. The molecule has 4 aliphatic heterocycles. The summed E-state index contributed by atoms with van der Waals surface area (Å²) in [6.07, 6.45) is -0.476. The lowest BCUT2D eigenvalue weighted by Gasteiger charge is -2.55. The highest BCUT2D eigenvalue weighted by atomic mass is 19.4. The van der Waals surface area contributed by atoms with Crippen LogP contribution in [0.5, 0.6) is 5.75 Å². The molecule has 1 amide bonds. The molecule has 0 saturated carbocycles. The number of likely N-dealkylation sites (tertiary alicyclic amines) is 2. The fourth-order valence-electron chi connectivity index (χ4n) is 7.53. The van der Waals surface area contributed by atoms with Crippen molar-refractivity contribution in [3.63, 3.8) is 0 Å². The predicted octanol–water partition coefficient (Wildman–Crippen LogP) is 3.19. The molecule has 0 aromatic carbocycles. The second-order valence-electron chi connectivity index (χ2n) is 12.8. The summed E-state index contributed by atoms with van der Waals surface area (Å²) in [5.41, 5.74) is -2.86. The van der Waals surface area contributed by atoms with Crippen LogP contribution in [0.25, 0.3) is 0 Å². The third-order valence-corrected chi connectivity index (χ3v) is 9.68. The standard InChI is InChI=1S/C29H43F5N6O4/c1-19(44-23-16-36-37-26(41)24(23)29(32,33)34)18-43-22-9-12-39(27(22)42)21-7-10-38(11-8-21)28-35-15-20(25(30)31)17-40(28)13-5-3-2-4-6-14-40/h16,19-22,25,28,35H,2-15,17-18H2,1H3/p+1/t19-,20?,22?,28?/m0/s1. The predicted molar refractivity (Wildman–Crippen MR) is 150 cm³/mol. The van der Waals surface area contributed by atoms with Gasteiger partial charge in [0.2, 0.25) is 12.7 Å². The van der Waals surface area contributed by atoms with E-state index in [2.05, 4.69) is 15.3 Å². The number of hydrogen-bond donors (Lipinski definition) is 2. The van der Waals surface area contributed by atoms with E-state index in [1.165, 1.54) is 13.3 Å². The van der Waals surface area contributed by atoms with Gasteiger partial charge in [-0.2, -0.15) is 18.3 Å². The van der Waals surface area contributed by atoms with Crippen molar-refractivity contribution in [2.75, 3.05) is 52.4 Å². The summed E-state index contributed by atoms with van der Waals surface area (Å²) < 4.78 is 79.3. The van der Waals surface area contributed by atoms with Crippen LogP contribution in [0.15, 0.2) is 11.0 Å². The molecule has 1 aromatic heterocycles. The van der Waals surface area contributed by atoms with Gasteiger partial charge in [0.25, 0.3) is 11.5 Å². The maximum atomic E-state index is 13.8. The fourth-order valence-corrected chi connectivity index (χ4v) is 7.53. The maximum Gasteiger partial charge on any atom is 0.425 e. The SMILES string of the molecule is C[C@@H](COC1CCN(C2CCN(C3NCC(C(F)F)C[N+]34CCCCCCC4)CC2)C1=O)Oc1cn[nH]c(=O)c1C(F)(F)F. The highest BCUT2D eigenvalue weighted by Gasteiger charge is 2.49. The number of nitrogens with one attached hydrogen (secondary N) is 2. The second kappa shape index (κ2) is 14.0. The monoisotopic (exact) mass is 635 g/mol. The first-order valence-electron chi connectivity index (χ1n) is 15.8. The molecule has 4 saturated heterocycles. The molecule has 15 heteroatoms. The Morgan fingerprint density at radius 3 is 2.39 bits per heavy atom. The van der Waals surface area contributed by atoms with E-state index in [0.29, 0.717) is 30.5 Å². The van der Waals surface area contributed by atoms with Crippen molar-refractivity contribution < 1.29 is 40.7 Å². The number of carbonyl (C=O) groups is 1. The van der Waals surface area contributed by atoms with Crippen LogP contribution in [-0.4, -0.2) is 114 Å². The van der Waals surface area contributed by atoms with E-state index in [0.717, 1.165) is 70.9 Å². The number of alkyl halides is 5. The third kappa shape index (κ3) is 7.37. The van der Waals surface area contributed by atoms with Crippen molar-refractivity contribution in [2.24, 2.45) is 5.92 Å². The number of aromatic nitrogens is 2. The Morgan fingerprint density at radius 1 is 1.05 bits per heavy atom. The third-order valence-electron chi connectivity index (χ3n) is 9.68. The summed E-state index contributed by atoms with van der Waals surface area (Å²) in [6, 6.07) is 0.0377. The van der Waals surface area contributed by atoms with Gasteiger partial charge in [0.1, 0.15) is 12.2 Å². The quantitative estimate of drug-likeness (QED) is 0.335. The summed E-state index contributed by atoms with van der Waals surface area (Å²) in [5.74, 6) is -1.48. The number of ether oxygens (including phenoxy) is 2. The number of amides is 1. The normalized spacial score (nSPS) is 28.3. The summed E-state index contributed by atoms with van der Waals surface area (Å²) in [6.45, 7) is 6.01. The minimum Gasteiger partial charge on any atom is -0.486 e. The Labute approximate surface area is 253 Å². The van der Waals surface area contributed by atoms with Crippen LogP contribution in [0.1, 0.15) is 63.9 Å². The van der Waals surface area contributed by atoms with Crippen LogP contribution in [0.2, 0.25) is 0 Å². The molecule has 4 atom stereocenters. The average molecular weight is 636 g/mol. The number of carbonyl (C=O) groups excluding carboxylic acids is 1. The minimum absolute atomic E-state index is 0.00385. The molecule has 5 heterocycles. The van der Waals surface area contributed by atoms with Gasteiger partial charge in [-0.1, -0.05) is 6.42 Å². The molecule has 248 valence electrons. The van der Waals surface area contributed by atoms with Crippen molar-refractivity contribution in [2.45, 2.75) is 95.4 Å². The Kier molecular flexibility index (Phi) is 10.5. The molecule has 4 aliphatic rings. The van der Waals surface area contributed by atoms with Gasteiger partial charge < -0.3 is 14.4 Å². The van der Waals surface area contributed by atoms with Gasteiger partial charge in [0.15, 0.2) is 11.3 Å². The molecule has 44 heavy (non-hydrogen) atoms. The first-order valence-corrected chi connectivity index (χ1v) is 15.8. The first kappa shape index (κ1) is 33.0. The van der Waals surface area contributed by atoms with Gasteiger partial charge >= 0.3 is 6.18 Å². The number of H-pyrrole nitrogens is 1. The van der Waals surface area contributed by atoms with E-state index < -0.39 is 47.6 Å². The number of halogens is 5. The molecule has 2 N–H and O–H groups in total. The molecule has 0 aliphatic carbocycles. The number of piperidine rings is 1. The number of nitrogens with zero attached hydrogens (tertiary/aromatic N) is 4. The van der Waals surface area contributed by atoms with Crippen molar-refractivity contribution >= 4 is 5.91 Å². The molecule has 0 bridgehead atoms. The smallest absolute Gasteiger partial charge is 0.425 e. The number of aromatic amines is 1. The van der Waals surface area contributed by atoms with Gasteiger partial charge in [0, 0.05) is 38.6 Å². The molecule has 5 rings (SSSR count). The minimum atomic E-state index is -4.92. The summed E-state index contributed by atoms with van der Waals surface area (Å²) >= 11 is 0. The van der Waals surface area contributed by atoms with E-state index in [-0.39, 0.29) is 24.8 Å². The van der Waals surface area contributed by atoms with Crippen molar-refractivity contribution in [3.8, 4) is 5.75 Å². The van der Waals surface area contributed by atoms with Crippen LogP contribution in [0.3, 0.4) is 0 Å². The van der Waals surface area contributed by atoms with Crippen LogP contribution in [-0.2, 0) is 15.7 Å². The van der Waals surface area contributed by atoms with E-state index in [9.17, 15) is 31.5 Å². The first-order chi connectivity index (χ1) is 21.0. The lowest BCUT2D eigenvalue weighted by atomic mass is 9.98. The van der Waals surface area contributed by atoms with Crippen molar-refractivity contribution in [1.29, 1.82) is 0 Å². The lowest BCUT2D eigenvalue weighted by molar-refractivity contribution is -0.974. The topological polar surface area (TPSA) is 99.8 Å². The summed E-state index contributed by atoms with van der Waals surface area (Å²) in [5, 5.41) is 8.67. The molecule has 1 aromatic rings. The van der Waals surface area contributed by atoms with Crippen molar-refractivity contribution in [1.82, 2.24) is 25.3 Å². The average Bonchev–Trinajstić information content (AvgIpc) is 3.33. The van der Waals surface area contributed by atoms with Gasteiger partial charge in [-0.25, -0.2) is 18.8 Å². The molecule has 1 spiro atoms. The summed E-state index contributed by atoms with van der Waals surface area (Å²) in [7, 11) is 0. The second-order valence-corrected chi connectivity index (χ2v) is 12.8. The Bertz CT molecular complexity index is 1170. The molecule has 10 nitrogen and oxygen atoms in total. The van der Waals surface area contributed by atoms with Crippen LogP contribution in [0, 0.1) is 5.92 Å². The van der Waals surface area contributed by atoms with E-state index in [1.54, 1.807) is 5.10 Å². The van der Waals surface area contributed by atoms with Gasteiger partial charge in [-0.15, -0.1) is 0 Å². The van der Waals surface area contributed by atoms with Crippen LogP contribution < -0.4 is 15.6 Å². The van der Waals surface area contributed by atoms with Crippen molar-refractivity contribution in [3.05, 3.63) is 22.1 Å². The summed E-state index contributed by atoms with van der Waals surface area (Å²) in [4.78, 5) is 29.2. The van der Waals surface area contributed by atoms with Gasteiger partial charge in [-0.3, -0.25) is 19.4 Å². The van der Waals surface area contributed by atoms with Gasteiger partial charge in [0.05, 0.1) is 38.4 Å². The molecule has 0 radical (unpaired) electrons. The molecule has 4 fully saturated rings. The maximum absolute atomic E-state index is 13.8. The van der Waals surface area contributed by atoms with Crippen LogP contribution in [0.4, 0.5) is 22.0 Å². The number of hydrogen-bond acceptors (Lipinski definition) is 7. The highest BCUT2D eigenvalue weighted by Crippen LogP contribution is 2.34. The molecular formula is C29H44F5N6O4+.